The molecule has 3 rings (SSSR count). The molecule has 0 aliphatic rings. The first kappa shape index (κ1) is 30.8. The summed E-state index contributed by atoms with van der Waals surface area (Å²) < 4.78 is 10.4. The molecule has 0 saturated carbocycles. The third-order valence-corrected chi connectivity index (χ3v) is 6.90. The van der Waals surface area contributed by atoms with Gasteiger partial charge in [0, 0.05) is 13.0 Å². The molecule has 2 N–H and O–H groups in total. The van der Waals surface area contributed by atoms with Gasteiger partial charge in [0.1, 0.15) is 11.6 Å². The zero-order chi connectivity index (χ0) is 29.0. The maximum Gasteiger partial charge on any atom is 0.407 e. The summed E-state index contributed by atoms with van der Waals surface area (Å²) in [6, 6.07) is 30.4. The average Bonchev–Trinajstić information content (AvgIpc) is 2.95. The molecule has 7 heteroatoms. The van der Waals surface area contributed by atoms with Crippen LogP contribution in [0.15, 0.2) is 91.0 Å². The lowest BCUT2D eigenvalue weighted by molar-refractivity contribution is -0.142. The van der Waals surface area contributed by atoms with Gasteiger partial charge in [0.05, 0.1) is 17.5 Å². The van der Waals surface area contributed by atoms with Gasteiger partial charge in [0.15, 0.2) is 0 Å². The molecule has 0 fully saturated rings. The van der Waals surface area contributed by atoms with Crippen LogP contribution in [0.4, 0.5) is 4.79 Å². The monoisotopic (exact) mass is 560 g/mol. The number of carbonyl (C=O) groups is 2. The smallest absolute Gasteiger partial charge is 0.407 e. The van der Waals surface area contributed by atoms with Crippen LogP contribution in [0.25, 0.3) is 0 Å². The van der Waals surface area contributed by atoms with E-state index in [4.69, 9.17) is 21.7 Å². The molecule has 0 heterocycles. The molecule has 0 aromatic heterocycles. The summed E-state index contributed by atoms with van der Waals surface area (Å²) in [7, 11) is 1.38. The van der Waals surface area contributed by atoms with Crippen LogP contribution in [-0.4, -0.2) is 42.3 Å². The molecule has 1 amide bonds. The Kier molecular flexibility index (Phi) is 11.3. The van der Waals surface area contributed by atoms with E-state index in [-0.39, 0.29) is 5.97 Å². The van der Waals surface area contributed by atoms with Crippen molar-refractivity contribution in [3.05, 3.63) is 108 Å². The van der Waals surface area contributed by atoms with E-state index in [1.54, 1.807) is 0 Å². The van der Waals surface area contributed by atoms with Crippen molar-refractivity contribution in [3.63, 3.8) is 0 Å². The zero-order valence-corrected chi connectivity index (χ0v) is 24.6. The van der Waals surface area contributed by atoms with Crippen molar-refractivity contribution in [3.8, 4) is 0 Å². The van der Waals surface area contributed by atoms with Crippen LogP contribution in [0, 0.1) is 0 Å². The molecule has 1 atom stereocenters. The summed E-state index contributed by atoms with van der Waals surface area (Å²) in [5.74, 6) is -0.368. The first-order valence-corrected chi connectivity index (χ1v) is 14.1. The van der Waals surface area contributed by atoms with Gasteiger partial charge in [-0.05, 0) is 56.7 Å². The highest BCUT2D eigenvalue weighted by Gasteiger charge is 2.38. The number of ether oxygens (including phenoxy) is 2. The van der Waals surface area contributed by atoms with Crippen molar-refractivity contribution in [1.82, 2.24) is 10.6 Å². The minimum Gasteiger partial charge on any atom is -0.467 e. The van der Waals surface area contributed by atoms with E-state index >= 15 is 0 Å². The molecule has 0 bridgehead atoms. The summed E-state index contributed by atoms with van der Waals surface area (Å²) in [5.41, 5.74) is 2.22. The number of esters is 1. The second-order valence-corrected chi connectivity index (χ2v) is 11.2. The summed E-state index contributed by atoms with van der Waals surface area (Å²) in [6.45, 7) is 5.92. The number of unbranched alkanes of at least 4 members (excludes halogenated alkanes) is 1. The molecule has 3 aromatic carbocycles. The van der Waals surface area contributed by atoms with E-state index in [9.17, 15) is 9.59 Å². The minimum absolute atomic E-state index is 0.368. The van der Waals surface area contributed by atoms with Crippen molar-refractivity contribution in [2.75, 3.05) is 13.7 Å². The van der Waals surface area contributed by atoms with Crippen molar-refractivity contribution in [1.29, 1.82) is 0 Å². The summed E-state index contributed by atoms with van der Waals surface area (Å²) in [5, 5.41) is 6.07. The second kappa shape index (κ2) is 14.6. The molecule has 212 valence electrons. The van der Waals surface area contributed by atoms with E-state index in [1.807, 2.05) is 75.4 Å². The van der Waals surface area contributed by atoms with Crippen LogP contribution in [-0.2, 0) is 19.7 Å². The number of carbonyl (C=O) groups excluding carboxylic acids is 2. The number of hydrogen-bond acceptors (Lipinski definition) is 5. The molecule has 0 aliphatic carbocycles. The SMILES string of the molecule is COC(=O)[C@H](CCCCNC(=O)OC(C)(C)C)NC(=S)CC(c1ccccc1)(c1ccccc1)c1ccccc1. The number of thiocarbonyl (C=S) groups is 1. The lowest BCUT2D eigenvalue weighted by Gasteiger charge is -2.37. The second-order valence-electron chi connectivity index (χ2n) is 10.7. The number of methoxy groups -OCH3 is 1. The lowest BCUT2D eigenvalue weighted by atomic mass is 9.67. The first-order valence-electron chi connectivity index (χ1n) is 13.7. The van der Waals surface area contributed by atoms with E-state index in [1.165, 1.54) is 7.11 Å². The third-order valence-electron chi connectivity index (χ3n) is 6.63. The number of hydrogen-bond donors (Lipinski definition) is 2. The summed E-state index contributed by atoms with van der Waals surface area (Å²) in [6.07, 6.45) is 1.90. The van der Waals surface area contributed by atoms with Gasteiger partial charge in [-0.15, -0.1) is 0 Å². The molecular weight excluding hydrogens is 520 g/mol. The zero-order valence-electron chi connectivity index (χ0n) is 23.8. The number of benzene rings is 3. The average molecular weight is 561 g/mol. The van der Waals surface area contributed by atoms with Gasteiger partial charge in [-0.3, -0.25) is 0 Å². The van der Waals surface area contributed by atoms with Crippen LogP contribution in [0.2, 0.25) is 0 Å². The highest BCUT2D eigenvalue weighted by atomic mass is 32.1. The topological polar surface area (TPSA) is 76.7 Å². The molecule has 3 aromatic rings. The fourth-order valence-electron chi connectivity index (χ4n) is 4.83. The molecule has 0 radical (unpaired) electrons. The Morgan fingerprint density at radius 3 is 1.70 bits per heavy atom. The minimum atomic E-state index is -0.598. The van der Waals surface area contributed by atoms with Crippen molar-refractivity contribution in [2.24, 2.45) is 0 Å². The molecule has 0 spiro atoms. The van der Waals surface area contributed by atoms with Gasteiger partial charge in [-0.2, -0.15) is 0 Å². The van der Waals surface area contributed by atoms with Crippen molar-refractivity contribution >= 4 is 29.3 Å². The van der Waals surface area contributed by atoms with Crippen LogP contribution < -0.4 is 10.6 Å². The van der Waals surface area contributed by atoms with Crippen molar-refractivity contribution < 1.29 is 19.1 Å². The Hall–Kier alpha value is -3.71. The third kappa shape index (κ3) is 8.65. The molecular formula is C33H40N2O4S. The Morgan fingerprint density at radius 1 is 0.800 bits per heavy atom. The fourth-order valence-corrected chi connectivity index (χ4v) is 5.19. The number of nitrogens with one attached hydrogen (secondary N) is 2. The van der Waals surface area contributed by atoms with Gasteiger partial charge >= 0.3 is 12.1 Å². The maximum atomic E-state index is 12.7. The van der Waals surface area contributed by atoms with Crippen LogP contribution in [0.5, 0.6) is 0 Å². The van der Waals surface area contributed by atoms with E-state index in [0.717, 1.165) is 16.7 Å². The molecule has 6 nitrogen and oxygen atoms in total. The summed E-state index contributed by atoms with van der Waals surface area (Å²) >= 11 is 5.94. The standard InChI is InChI=1S/C33H40N2O4S/c1-32(2,3)39-31(37)34-23-15-14-22-28(30(36)38-4)35-29(40)24-33(25-16-8-5-9-17-25,26-18-10-6-11-19-26)27-20-12-7-13-21-27/h5-13,16-21,28H,14-15,22-24H2,1-4H3,(H,34,37)(H,35,40)/t28-/m0/s1. The maximum absolute atomic E-state index is 12.7. The van der Waals surface area contributed by atoms with E-state index in [2.05, 4.69) is 47.0 Å². The van der Waals surface area contributed by atoms with Crippen LogP contribution in [0.3, 0.4) is 0 Å². The Morgan fingerprint density at radius 2 is 1.27 bits per heavy atom. The Labute approximate surface area is 243 Å². The predicted molar refractivity (Wildman–Crippen MR) is 163 cm³/mol. The first-order chi connectivity index (χ1) is 19.2. The predicted octanol–water partition coefficient (Wildman–Crippen LogP) is 6.56. The van der Waals surface area contributed by atoms with Crippen LogP contribution in [0.1, 0.15) is 63.1 Å². The van der Waals surface area contributed by atoms with Crippen LogP contribution >= 0.6 is 12.2 Å². The molecule has 0 aliphatic heterocycles. The van der Waals surface area contributed by atoms with Crippen molar-refractivity contribution in [2.45, 2.75) is 63.5 Å². The largest absolute Gasteiger partial charge is 0.467 e. The van der Waals surface area contributed by atoms with Gasteiger partial charge in [0.25, 0.3) is 0 Å². The van der Waals surface area contributed by atoms with Gasteiger partial charge in [-0.25, -0.2) is 9.59 Å². The highest BCUT2D eigenvalue weighted by molar-refractivity contribution is 7.80. The van der Waals surface area contributed by atoms with Gasteiger partial charge in [-0.1, -0.05) is 103 Å². The summed E-state index contributed by atoms with van der Waals surface area (Å²) in [4.78, 5) is 25.2. The number of alkyl carbamates (subject to hydrolysis) is 1. The quantitative estimate of drug-likeness (QED) is 0.113. The van der Waals surface area contributed by atoms with Gasteiger partial charge in [0.2, 0.25) is 0 Å². The fraction of sp³-hybridized carbons (Fsp3) is 0.364. The highest BCUT2D eigenvalue weighted by Crippen LogP contribution is 2.42. The molecule has 0 saturated heterocycles. The van der Waals surface area contributed by atoms with E-state index in [0.29, 0.717) is 37.2 Å². The molecule has 0 unspecified atom stereocenters. The Balaban J connectivity index is 1.78. The van der Waals surface area contributed by atoms with Gasteiger partial charge < -0.3 is 20.1 Å². The number of amides is 1. The lowest BCUT2D eigenvalue weighted by Crippen LogP contribution is -2.44. The normalized spacial score (nSPS) is 12.2. The number of rotatable bonds is 12. The Bertz CT molecular complexity index is 1130. The molecule has 40 heavy (non-hydrogen) atoms. The van der Waals surface area contributed by atoms with E-state index < -0.39 is 23.2 Å².